The smallest absolute Gasteiger partial charge is 0.303 e. The first-order valence-corrected chi connectivity index (χ1v) is 10.8. The number of allylic oxidation sites excluding steroid dienone is 2. The van der Waals surface area contributed by atoms with E-state index in [4.69, 9.17) is 16.7 Å². The fraction of sp³-hybridized carbons (Fsp3) is 0.450. The van der Waals surface area contributed by atoms with Crippen molar-refractivity contribution in [1.29, 1.82) is 0 Å². The van der Waals surface area contributed by atoms with Crippen LogP contribution < -0.4 is 0 Å². The minimum absolute atomic E-state index is 0.269. The van der Waals surface area contributed by atoms with Crippen molar-refractivity contribution in [3.05, 3.63) is 42.2 Å². The van der Waals surface area contributed by atoms with Gasteiger partial charge in [0.1, 0.15) is 0 Å². The first kappa shape index (κ1) is 18.7. The molecule has 0 aliphatic heterocycles. The number of halogens is 1. The lowest BCUT2D eigenvalue weighted by molar-refractivity contribution is -0.137. The molecule has 2 nitrogen and oxygen atoms in total. The molecule has 0 amide bonds. The van der Waals surface area contributed by atoms with Gasteiger partial charge in [0.15, 0.2) is 0 Å². The van der Waals surface area contributed by atoms with Crippen LogP contribution in [0.2, 0.25) is 4.34 Å². The summed E-state index contributed by atoms with van der Waals surface area (Å²) in [4.78, 5) is 14.7. The maximum absolute atomic E-state index is 10.6. The molecule has 134 valence electrons. The van der Waals surface area contributed by atoms with Gasteiger partial charge in [0.25, 0.3) is 0 Å². The summed E-state index contributed by atoms with van der Waals surface area (Å²) in [5.41, 5.74) is 5.69. The van der Waals surface area contributed by atoms with E-state index in [-0.39, 0.29) is 6.42 Å². The maximum atomic E-state index is 10.6. The number of carboxylic acids is 1. The molecule has 2 aromatic heterocycles. The van der Waals surface area contributed by atoms with Gasteiger partial charge in [0.05, 0.1) is 4.34 Å². The van der Waals surface area contributed by atoms with Gasteiger partial charge in [-0.15, -0.1) is 22.7 Å². The van der Waals surface area contributed by atoms with Crippen molar-refractivity contribution < 1.29 is 9.90 Å². The molecule has 0 unspecified atom stereocenters. The molecule has 0 atom stereocenters. The highest BCUT2D eigenvalue weighted by Crippen LogP contribution is 2.45. The maximum Gasteiger partial charge on any atom is 0.303 e. The fourth-order valence-electron chi connectivity index (χ4n) is 3.63. The second kappa shape index (κ2) is 8.07. The van der Waals surface area contributed by atoms with Crippen LogP contribution in [0.4, 0.5) is 0 Å². The van der Waals surface area contributed by atoms with Gasteiger partial charge in [-0.05, 0) is 86.8 Å². The van der Waals surface area contributed by atoms with Crippen molar-refractivity contribution in [3.8, 4) is 0 Å². The minimum Gasteiger partial charge on any atom is -0.481 e. The van der Waals surface area contributed by atoms with Gasteiger partial charge in [0.2, 0.25) is 0 Å². The minimum atomic E-state index is -0.700. The number of thiophene rings is 2. The number of carbonyl (C=O) groups is 1. The largest absolute Gasteiger partial charge is 0.481 e. The number of hydrogen-bond acceptors (Lipinski definition) is 3. The van der Waals surface area contributed by atoms with Gasteiger partial charge in [-0.1, -0.05) is 11.6 Å². The lowest BCUT2D eigenvalue weighted by Crippen LogP contribution is -1.94. The molecular formula is C20H23ClO2S2. The zero-order valence-corrected chi connectivity index (χ0v) is 17.0. The molecule has 0 radical (unpaired) electrons. The lowest BCUT2D eigenvalue weighted by Gasteiger charge is -2.07. The molecule has 0 bridgehead atoms. The van der Waals surface area contributed by atoms with E-state index in [1.807, 2.05) is 11.3 Å². The summed E-state index contributed by atoms with van der Waals surface area (Å²) in [6, 6.07) is 4.46. The van der Waals surface area contributed by atoms with Crippen molar-refractivity contribution in [3.63, 3.8) is 0 Å². The molecule has 2 aromatic rings. The van der Waals surface area contributed by atoms with Crippen LogP contribution in [0.1, 0.15) is 64.3 Å². The Morgan fingerprint density at radius 1 is 1.08 bits per heavy atom. The second-order valence-electron chi connectivity index (χ2n) is 6.61. The molecule has 1 aliphatic rings. The van der Waals surface area contributed by atoms with Gasteiger partial charge >= 0.3 is 5.97 Å². The van der Waals surface area contributed by atoms with Gasteiger partial charge in [-0.3, -0.25) is 4.79 Å². The molecule has 0 saturated carbocycles. The average molecular weight is 395 g/mol. The molecular weight excluding hydrogens is 372 g/mol. The third-order valence-corrected chi connectivity index (χ3v) is 7.08. The quantitative estimate of drug-likeness (QED) is 0.514. The number of unbranched alkanes of at least 4 members (excludes halogenated alkanes) is 1. The van der Waals surface area contributed by atoms with Crippen LogP contribution >= 0.6 is 34.3 Å². The van der Waals surface area contributed by atoms with E-state index in [1.54, 1.807) is 11.3 Å². The SMILES string of the molecule is Cc1sc(Cl)cc1C1=C(c2cc(CCCCC(=O)O)sc2C)CCC1. The van der Waals surface area contributed by atoms with E-state index in [1.165, 1.54) is 43.3 Å². The van der Waals surface area contributed by atoms with Crippen molar-refractivity contribution in [2.24, 2.45) is 0 Å². The van der Waals surface area contributed by atoms with Crippen molar-refractivity contribution in [1.82, 2.24) is 0 Å². The highest BCUT2D eigenvalue weighted by molar-refractivity contribution is 7.16. The van der Waals surface area contributed by atoms with E-state index in [9.17, 15) is 4.79 Å². The molecule has 5 heteroatoms. The summed E-state index contributed by atoms with van der Waals surface area (Å²) in [6.45, 7) is 4.36. The molecule has 25 heavy (non-hydrogen) atoms. The molecule has 1 N–H and O–H groups in total. The van der Waals surface area contributed by atoms with E-state index < -0.39 is 5.97 Å². The normalized spacial score (nSPS) is 14.5. The van der Waals surface area contributed by atoms with E-state index in [0.717, 1.165) is 36.4 Å². The van der Waals surface area contributed by atoms with Crippen LogP contribution in [0.15, 0.2) is 12.1 Å². The predicted octanol–water partition coefficient (Wildman–Crippen LogP) is 6.97. The molecule has 0 fully saturated rings. The Bertz CT molecular complexity index is 814. The number of carboxylic acid groups (broad SMARTS) is 1. The zero-order valence-electron chi connectivity index (χ0n) is 14.7. The van der Waals surface area contributed by atoms with Crippen molar-refractivity contribution in [2.45, 2.75) is 58.8 Å². The predicted molar refractivity (Wildman–Crippen MR) is 109 cm³/mol. The summed E-state index contributed by atoms with van der Waals surface area (Å²) in [5.74, 6) is -0.700. The van der Waals surface area contributed by atoms with E-state index in [0.29, 0.717) is 0 Å². The average Bonchev–Trinajstić information content (AvgIpc) is 3.22. The van der Waals surface area contributed by atoms with Gasteiger partial charge in [0, 0.05) is 21.1 Å². The molecule has 1 aliphatic carbocycles. The van der Waals surface area contributed by atoms with Crippen LogP contribution in [0.25, 0.3) is 11.1 Å². The monoisotopic (exact) mass is 394 g/mol. The Labute approximate surface area is 162 Å². The summed E-state index contributed by atoms with van der Waals surface area (Å²) < 4.78 is 0.868. The van der Waals surface area contributed by atoms with E-state index >= 15 is 0 Å². The highest BCUT2D eigenvalue weighted by Gasteiger charge is 2.22. The zero-order chi connectivity index (χ0) is 18.0. The molecule has 3 rings (SSSR count). The Morgan fingerprint density at radius 2 is 1.72 bits per heavy atom. The van der Waals surface area contributed by atoms with Crippen molar-refractivity contribution in [2.75, 3.05) is 0 Å². The molecule has 2 heterocycles. The Balaban J connectivity index is 1.82. The Kier molecular flexibility index (Phi) is 6.03. The topological polar surface area (TPSA) is 37.3 Å². The third kappa shape index (κ3) is 4.36. The van der Waals surface area contributed by atoms with Gasteiger partial charge < -0.3 is 5.11 Å². The van der Waals surface area contributed by atoms with Gasteiger partial charge in [-0.25, -0.2) is 0 Å². The highest BCUT2D eigenvalue weighted by atomic mass is 35.5. The van der Waals surface area contributed by atoms with Gasteiger partial charge in [-0.2, -0.15) is 0 Å². The first-order valence-electron chi connectivity index (χ1n) is 8.75. The number of aliphatic carboxylic acids is 1. The van der Waals surface area contributed by atoms with Crippen LogP contribution in [0.5, 0.6) is 0 Å². The summed E-state index contributed by atoms with van der Waals surface area (Å²) in [6.07, 6.45) is 6.42. The number of aryl methyl sites for hydroxylation is 3. The Hall–Kier alpha value is -1.10. The Morgan fingerprint density at radius 3 is 2.32 bits per heavy atom. The summed E-state index contributed by atoms with van der Waals surface area (Å²) in [7, 11) is 0. The van der Waals surface area contributed by atoms with Crippen LogP contribution in [0.3, 0.4) is 0 Å². The molecule has 0 saturated heterocycles. The van der Waals surface area contributed by atoms with Crippen molar-refractivity contribution >= 4 is 51.4 Å². The fourth-order valence-corrected chi connectivity index (χ4v) is 5.95. The lowest BCUT2D eigenvalue weighted by atomic mass is 9.97. The van der Waals surface area contributed by atoms with Crippen LogP contribution in [-0.2, 0) is 11.2 Å². The van der Waals surface area contributed by atoms with Crippen LogP contribution in [0, 0.1) is 13.8 Å². The molecule has 0 spiro atoms. The number of hydrogen-bond donors (Lipinski definition) is 1. The molecule has 0 aromatic carbocycles. The summed E-state index contributed by atoms with van der Waals surface area (Å²) in [5, 5.41) is 8.75. The van der Waals surface area contributed by atoms with E-state index in [2.05, 4.69) is 26.0 Å². The second-order valence-corrected chi connectivity index (χ2v) is 9.84. The standard InChI is InChI=1S/C20H23ClO2S2/c1-12-17(10-14(24-12)6-3-4-9-20(22)23)15-7-5-8-16(15)18-11-19(21)25-13(18)2/h10-11H,3-9H2,1-2H3,(H,22,23). The van der Waals surface area contributed by atoms with Crippen LogP contribution in [-0.4, -0.2) is 11.1 Å². The number of rotatable bonds is 7. The first-order chi connectivity index (χ1) is 12.0. The third-order valence-electron chi connectivity index (χ3n) is 4.79. The summed E-state index contributed by atoms with van der Waals surface area (Å²) >= 11 is 9.75.